The van der Waals surface area contributed by atoms with Gasteiger partial charge in [-0.3, -0.25) is 4.90 Å². The number of nitrogens with one attached hydrogen (secondary N) is 1. The zero-order valence-electron chi connectivity index (χ0n) is 10.8. The van der Waals surface area contributed by atoms with Crippen molar-refractivity contribution in [2.24, 2.45) is 5.92 Å². The highest BCUT2D eigenvalue weighted by Crippen LogP contribution is 2.25. The quantitative estimate of drug-likeness (QED) is 0.738. The summed E-state index contributed by atoms with van der Waals surface area (Å²) in [7, 11) is 0. The van der Waals surface area contributed by atoms with Crippen LogP contribution in [0.3, 0.4) is 0 Å². The third-order valence-corrected chi connectivity index (χ3v) is 4.07. The van der Waals surface area contributed by atoms with E-state index in [0.717, 1.165) is 5.92 Å². The molecule has 0 saturated carbocycles. The Kier molecular flexibility index (Phi) is 4.42. The molecule has 16 heavy (non-hydrogen) atoms. The maximum absolute atomic E-state index is 3.45. The van der Waals surface area contributed by atoms with Gasteiger partial charge in [0.15, 0.2) is 0 Å². The van der Waals surface area contributed by atoms with Gasteiger partial charge in [0.1, 0.15) is 0 Å². The van der Waals surface area contributed by atoms with Crippen molar-refractivity contribution in [3.05, 3.63) is 11.6 Å². The first-order chi connectivity index (χ1) is 7.75. The molecular weight excluding hydrogens is 196 g/mol. The second kappa shape index (κ2) is 5.83. The Morgan fingerprint density at radius 2 is 2.12 bits per heavy atom. The molecule has 0 spiro atoms. The van der Waals surface area contributed by atoms with Gasteiger partial charge in [0, 0.05) is 19.1 Å². The molecule has 2 aliphatic heterocycles. The van der Waals surface area contributed by atoms with E-state index in [9.17, 15) is 0 Å². The first-order valence-corrected chi connectivity index (χ1v) is 6.88. The van der Waals surface area contributed by atoms with Crippen molar-refractivity contribution in [3.63, 3.8) is 0 Å². The smallest absolute Gasteiger partial charge is 0.0168 e. The Morgan fingerprint density at radius 1 is 1.38 bits per heavy atom. The number of piperidine rings is 1. The largest absolute Gasteiger partial charge is 0.317 e. The Bertz CT molecular complexity index is 239. The van der Waals surface area contributed by atoms with Crippen molar-refractivity contribution < 1.29 is 0 Å². The third-order valence-electron chi connectivity index (χ3n) is 4.07. The van der Waals surface area contributed by atoms with Gasteiger partial charge in [-0.1, -0.05) is 11.6 Å². The normalized spacial score (nSPS) is 24.8. The number of nitrogens with zero attached hydrogens (tertiary/aromatic N) is 1. The van der Waals surface area contributed by atoms with Crippen LogP contribution in [0.2, 0.25) is 0 Å². The van der Waals surface area contributed by atoms with Gasteiger partial charge in [-0.25, -0.2) is 0 Å². The van der Waals surface area contributed by atoms with E-state index in [4.69, 9.17) is 0 Å². The summed E-state index contributed by atoms with van der Waals surface area (Å²) >= 11 is 0. The molecule has 1 saturated heterocycles. The fourth-order valence-electron chi connectivity index (χ4n) is 2.84. The van der Waals surface area contributed by atoms with Gasteiger partial charge < -0.3 is 5.32 Å². The molecule has 0 radical (unpaired) electrons. The topological polar surface area (TPSA) is 15.3 Å². The van der Waals surface area contributed by atoms with E-state index in [1.807, 2.05) is 0 Å². The average Bonchev–Trinajstić information content (AvgIpc) is 2.31. The van der Waals surface area contributed by atoms with E-state index in [-0.39, 0.29) is 0 Å². The van der Waals surface area contributed by atoms with Crippen LogP contribution in [0.5, 0.6) is 0 Å². The second-order valence-electron chi connectivity index (χ2n) is 5.60. The summed E-state index contributed by atoms with van der Waals surface area (Å²) < 4.78 is 0. The van der Waals surface area contributed by atoms with Gasteiger partial charge in [-0.2, -0.15) is 0 Å². The molecule has 92 valence electrons. The van der Waals surface area contributed by atoms with Crippen molar-refractivity contribution in [3.8, 4) is 0 Å². The Morgan fingerprint density at radius 3 is 2.69 bits per heavy atom. The molecule has 0 amide bonds. The van der Waals surface area contributed by atoms with Gasteiger partial charge in [0.2, 0.25) is 0 Å². The predicted molar refractivity (Wildman–Crippen MR) is 69.6 cm³/mol. The van der Waals surface area contributed by atoms with Gasteiger partial charge in [-0.05, 0) is 58.5 Å². The molecular formula is C14H26N2. The zero-order chi connectivity index (χ0) is 11.4. The fraction of sp³-hybridized carbons (Fsp3) is 0.857. The summed E-state index contributed by atoms with van der Waals surface area (Å²) in [5, 5.41) is 3.45. The highest BCUT2D eigenvalue weighted by molar-refractivity contribution is 5.08. The van der Waals surface area contributed by atoms with Crippen LogP contribution in [0.1, 0.15) is 39.5 Å². The van der Waals surface area contributed by atoms with E-state index in [2.05, 4.69) is 30.1 Å². The van der Waals surface area contributed by atoms with Crippen molar-refractivity contribution in [2.75, 3.05) is 26.2 Å². The molecule has 2 heterocycles. The lowest BCUT2D eigenvalue weighted by Gasteiger charge is -2.31. The molecule has 0 atom stereocenters. The first kappa shape index (κ1) is 12.1. The lowest BCUT2D eigenvalue weighted by Crippen LogP contribution is -2.35. The highest BCUT2D eigenvalue weighted by Gasteiger charge is 2.18. The first-order valence-electron chi connectivity index (χ1n) is 6.88. The van der Waals surface area contributed by atoms with Crippen LogP contribution in [-0.2, 0) is 0 Å². The van der Waals surface area contributed by atoms with Gasteiger partial charge >= 0.3 is 0 Å². The van der Waals surface area contributed by atoms with Crippen molar-refractivity contribution in [2.45, 2.75) is 45.6 Å². The Hall–Kier alpha value is -0.340. The Balaban J connectivity index is 1.78. The van der Waals surface area contributed by atoms with E-state index in [1.54, 1.807) is 5.57 Å². The van der Waals surface area contributed by atoms with Crippen LogP contribution in [0.4, 0.5) is 0 Å². The van der Waals surface area contributed by atoms with E-state index < -0.39 is 0 Å². The minimum absolute atomic E-state index is 0.705. The summed E-state index contributed by atoms with van der Waals surface area (Å²) in [6, 6.07) is 0.705. The summed E-state index contributed by atoms with van der Waals surface area (Å²) in [5.41, 5.74) is 1.73. The van der Waals surface area contributed by atoms with Crippen LogP contribution in [-0.4, -0.2) is 37.1 Å². The molecule has 0 unspecified atom stereocenters. The van der Waals surface area contributed by atoms with Crippen molar-refractivity contribution in [1.29, 1.82) is 0 Å². The lowest BCUT2D eigenvalue weighted by atomic mass is 9.88. The van der Waals surface area contributed by atoms with Crippen LogP contribution >= 0.6 is 0 Å². The maximum atomic E-state index is 3.45. The summed E-state index contributed by atoms with van der Waals surface area (Å²) in [4.78, 5) is 2.56. The zero-order valence-corrected chi connectivity index (χ0v) is 10.8. The molecule has 0 aromatic rings. The molecule has 2 aliphatic rings. The predicted octanol–water partition coefficient (Wildman–Crippen LogP) is 2.42. The Labute approximate surface area is 100 Å². The second-order valence-corrected chi connectivity index (χ2v) is 5.60. The lowest BCUT2D eigenvalue weighted by molar-refractivity contribution is 0.234. The molecule has 2 nitrogen and oxygen atoms in total. The molecule has 0 aromatic carbocycles. The van der Waals surface area contributed by atoms with Crippen LogP contribution in [0.15, 0.2) is 11.6 Å². The van der Waals surface area contributed by atoms with Crippen LogP contribution in [0, 0.1) is 5.92 Å². The van der Waals surface area contributed by atoms with E-state index in [0.29, 0.717) is 6.04 Å². The van der Waals surface area contributed by atoms with Crippen LogP contribution in [0.25, 0.3) is 0 Å². The molecule has 2 rings (SSSR count). The van der Waals surface area contributed by atoms with Gasteiger partial charge in [0.05, 0.1) is 0 Å². The minimum atomic E-state index is 0.705. The molecule has 1 N–H and O–H groups in total. The standard InChI is InChI=1S/C14H26N2/c1-12(2)16-9-5-14(6-10-16)11-13-3-7-15-8-4-13/h5,12-13,15H,3-4,6-11H2,1-2H3. The number of hydrogen-bond donors (Lipinski definition) is 1. The van der Waals surface area contributed by atoms with E-state index >= 15 is 0 Å². The van der Waals surface area contributed by atoms with Gasteiger partial charge in [0.25, 0.3) is 0 Å². The van der Waals surface area contributed by atoms with Gasteiger partial charge in [-0.15, -0.1) is 0 Å². The number of hydrogen-bond acceptors (Lipinski definition) is 2. The summed E-state index contributed by atoms with van der Waals surface area (Å²) in [6.07, 6.45) is 7.93. The molecule has 1 fully saturated rings. The van der Waals surface area contributed by atoms with Crippen molar-refractivity contribution in [1.82, 2.24) is 10.2 Å². The monoisotopic (exact) mass is 222 g/mol. The number of rotatable bonds is 3. The molecule has 0 aromatic heterocycles. The SMILES string of the molecule is CC(C)N1CC=C(CC2CCNCC2)CC1. The van der Waals surface area contributed by atoms with E-state index in [1.165, 1.54) is 51.9 Å². The highest BCUT2D eigenvalue weighted by atomic mass is 15.1. The van der Waals surface area contributed by atoms with Crippen molar-refractivity contribution >= 4 is 0 Å². The average molecular weight is 222 g/mol. The molecule has 0 bridgehead atoms. The molecule has 0 aliphatic carbocycles. The summed E-state index contributed by atoms with van der Waals surface area (Å²) in [6.45, 7) is 9.51. The minimum Gasteiger partial charge on any atom is -0.317 e. The summed E-state index contributed by atoms with van der Waals surface area (Å²) in [5.74, 6) is 0.957. The fourth-order valence-corrected chi connectivity index (χ4v) is 2.84. The van der Waals surface area contributed by atoms with Crippen LogP contribution < -0.4 is 5.32 Å². The molecule has 2 heteroatoms. The maximum Gasteiger partial charge on any atom is 0.0168 e. The third kappa shape index (κ3) is 3.33.